The van der Waals surface area contributed by atoms with Crippen LogP contribution in [-0.2, 0) is 0 Å². The first-order valence-corrected chi connectivity index (χ1v) is 7.87. The summed E-state index contributed by atoms with van der Waals surface area (Å²) in [7, 11) is 0. The standard InChI is InChI=1S/C17H26N2O2/c1-13-7-3-4-9-15(13)16-10-5-11-19(16)17(21)18-14(2)8-6-12-20/h3-4,7,9,14,16,20H,5-6,8,10-12H2,1-2H3,(H,18,21). The molecule has 21 heavy (non-hydrogen) atoms. The Morgan fingerprint density at radius 2 is 2.24 bits per heavy atom. The van der Waals surface area contributed by atoms with E-state index in [1.165, 1.54) is 11.1 Å². The summed E-state index contributed by atoms with van der Waals surface area (Å²) in [6.07, 6.45) is 3.62. The largest absolute Gasteiger partial charge is 0.396 e. The third-order valence-electron chi connectivity index (χ3n) is 4.23. The smallest absolute Gasteiger partial charge is 0.318 e. The van der Waals surface area contributed by atoms with E-state index in [-0.39, 0.29) is 24.7 Å². The minimum absolute atomic E-state index is 0.0196. The maximum absolute atomic E-state index is 12.5. The van der Waals surface area contributed by atoms with E-state index in [0.717, 1.165) is 32.2 Å². The van der Waals surface area contributed by atoms with Gasteiger partial charge in [-0.1, -0.05) is 24.3 Å². The molecular weight excluding hydrogens is 264 g/mol. The Morgan fingerprint density at radius 1 is 1.48 bits per heavy atom. The van der Waals surface area contributed by atoms with Gasteiger partial charge in [0, 0.05) is 19.2 Å². The van der Waals surface area contributed by atoms with E-state index in [1.54, 1.807) is 0 Å². The lowest BCUT2D eigenvalue weighted by Crippen LogP contribution is -2.43. The predicted molar refractivity (Wildman–Crippen MR) is 84.2 cm³/mol. The Kier molecular flexibility index (Phi) is 5.62. The fraction of sp³-hybridized carbons (Fsp3) is 0.588. The Morgan fingerprint density at radius 3 is 2.95 bits per heavy atom. The highest BCUT2D eigenvalue weighted by molar-refractivity contribution is 5.75. The van der Waals surface area contributed by atoms with E-state index >= 15 is 0 Å². The molecule has 2 unspecified atom stereocenters. The molecule has 1 heterocycles. The molecule has 1 aromatic carbocycles. The molecule has 0 spiro atoms. The van der Waals surface area contributed by atoms with Gasteiger partial charge in [-0.25, -0.2) is 4.79 Å². The number of nitrogens with one attached hydrogen (secondary N) is 1. The van der Waals surface area contributed by atoms with E-state index in [4.69, 9.17) is 5.11 Å². The molecule has 1 aromatic rings. The zero-order valence-corrected chi connectivity index (χ0v) is 13.0. The van der Waals surface area contributed by atoms with Gasteiger partial charge >= 0.3 is 6.03 Å². The van der Waals surface area contributed by atoms with Crippen molar-refractivity contribution in [2.45, 2.75) is 51.6 Å². The van der Waals surface area contributed by atoms with E-state index < -0.39 is 0 Å². The van der Waals surface area contributed by atoms with Crippen LogP contribution in [0.15, 0.2) is 24.3 Å². The number of rotatable bonds is 5. The van der Waals surface area contributed by atoms with Crippen LogP contribution in [-0.4, -0.2) is 35.2 Å². The summed E-state index contributed by atoms with van der Waals surface area (Å²) in [5.41, 5.74) is 2.50. The van der Waals surface area contributed by atoms with Crippen molar-refractivity contribution in [2.75, 3.05) is 13.2 Å². The molecule has 1 aliphatic rings. The molecular formula is C17H26N2O2. The van der Waals surface area contributed by atoms with Gasteiger partial charge in [0.15, 0.2) is 0 Å². The first-order chi connectivity index (χ1) is 10.1. The van der Waals surface area contributed by atoms with Crippen LogP contribution in [0.3, 0.4) is 0 Å². The molecule has 4 heteroatoms. The zero-order valence-electron chi connectivity index (χ0n) is 13.0. The lowest BCUT2D eigenvalue weighted by molar-refractivity contribution is 0.187. The van der Waals surface area contributed by atoms with Gasteiger partial charge in [-0.2, -0.15) is 0 Å². The first kappa shape index (κ1) is 15.8. The number of nitrogens with zero attached hydrogens (tertiary/aromatic N) is 1. The minimum atomic E-state index is 0.0196. The summed E-state index contributed by atoms with van der Waals surface area (Å²) < 4.78 is 0. The Bertz CT molecular complexity index is 476. The van der Waals surface area contributed by atoms with Crippen molar-refractivity contribution < 1.29 is 9.90 Å². The lowest BCUT2D eigenvalue weighted by Gasteiger charge is -2.28. The number of aliphatic hydroxyl groups excluding tert-OH is 1. The number of hydrogen-bond acceptors (Lipinski definition) is 2. The first-order valence-electron chi connectivity index (χ1n) is 7.87. The molecule has 1 fully saturated rings. The molecule has 4 nitrogen and oxygen atoms in total. The third-order valence-corrected chi connectivity index (χ3v) is 4.23. The molecule has 1 aliphatic heterocycles. The number of benzene rings is 1. The molecule has 0 radical (unpaired) electrons. The fourth-order valence-corrected chi connectivity index (χ4v) is 3.06. The zero-order chi connectivity index (χ0) is 15.2. The maximum Gasteiger partial charge on any atom is 0.318 e. The molecule has 0 aromatic heterocycles. The molecule has 0 bridgehead atoms. The topological polar surface area (TPSA) is 52.6 Å². The van der Waals surface area contributed by atoms with Crippen LogP contribution in [0.5, 0.6) is 0 Å². The number of aliphatic hydroxyl groups is 1. The molecule has 2 atom stereocenters. The third kappa shape index (κ3) is 3.97. The summed E-state index contributed by atoms with van der Waals surface area (Å²) in [6.45, 7) is 5.09. The number of aryl methyl sites for hydroxylation is 1. The van der Waals surface area contributed by atoms with E-state index in [0.29, 0.717) is 0 Å². The van der Waals surface area contributed by atoms with Gasteiger partial charge in [-0.3, -0.25) is 0 Å². The number of carbonyl (C=O) groups is 1. The summed E-state index contributed by atoms with van der Waals surface area (Å²) >= 11 is 0. The Labute approximate surface area is 127 Å². The Balaban J connectivity index is 2.01. The van der Waals surface area contributed by atoms with E-state index in [2.05, 4.69) is 24.4 Å². The number of amides is 2. The van der Waals surface area contributed by atoms with Crippen molar-refractivity contribution in [2.24, 2.45) is 0 Å². The van der Waals surface area contributed by atoms with Gasteiger partial charge in [0.05, 0.1) is 6.04 Å². The van der Waals surface area contributed by atoms with Crippen LogP contribution in [0.1, 0.15) is 49.8 Å². The van der Waals surface area contributed by atoms with Gasteiger partial charge in [0.1, 0.15) is 0 Å². The highest BCUT2D eigenvalue weighted by Gasteiger charge is 2.31. The van der Waals surface area contributed by atoms with Crippen LogP contribution in [0.4, 0.5) is 4.79 Å². The van der Waals surface area contributed by atoms with Crippen molar-refractivity contribution in [3.63, 3.8) is 0 Å². The quantitative estimate of drug-likeness (QED) is 0.876. The second-order valence-corrected chi connectivity index (χ2v) is 5.92. The monoisotopic (exact) mass is 290 g/mol. The fourth-order valence-electron chi connectivity index (χ4n) is 3.06. The van der Waals surface area contributed by atoms with E-state index in [1.807, 2.05) is 24.0 Å². The van der Waals surface area contributed by atoms with Crippen molar-refractivity contribution in [1.82, 2.24) is 10.2 Å². The van der Waals surface area contributed by atoms with Crippen molar-refractivity contribution in [3.8, 4) is 0 Å². The number of urea groups is 1. The van der Waals surface area contributed by atoms with Crippen LogP contribution < -0.4 is 5.32 Å². The minimum Gasteiger partial charge on any atom is -0.396 e. The van der Waals surface area contributed by atoms with Crippen LogP contribution in [0.2, 0.25) is 0 Å². The van der Waals surface area contributed by atoms with Crippen LogP contribution in [0.25, 0.3) is 0 Å². The summed E-state index contributed by atoms with van der Waals surface area (Å²) in [5.74, 6) is 0. The molecule has 2 N–H and O–H groups in total. The molecule has 0 aliphatic carbocycles. The SMILES string of the molecule is Cc1ccccc1C1CCCN1C(=O)NC(C)CCCO. The second-order valence-electron chi connectivity index (χ2n) is 5.92. The number of likely N-dealkylation sites (tertiary alicyclic amines) is 1. The molecule has 2 rings (SSSR count). The second kappa shape index (κ2) is 7.46. The van der Waals surface area contributed by atoms with Gasteiger partial charge in [-0.15, -0.1) is 0 Å². The van der Waals surface area contributed by atoms with Crippen molar-refractivity contribution in [1.29, 1.82) is 0 Å². The molecule has 0 saturated carbocycles. The molecule has 2 amide bonds. The predicted octanol–water partition coefficient (Wildman–Crippen LogP) is 3.00. The van der Waals surface area contributed by atoms with Gasteiger partial charge in [-0.05, 0) is 50.7 Å². The highest BCUT2D eigenvalue weighted by atomic mass is 16.3. The molecule has 116 valence electrons. The normalized spacial score (nSPS) is 19.6. The van der Waals surface area contributed by atoms with Crippen LogP contribution >= 0.6 is 0 Å². The Hall–Kier alpha value is -1.55. The lowest BCUT2D eigenvalue weighted by atomic mass is 9.99. The highest BCUT2D eigenvalue weighted by Crippen LogP contribution is 2.33. The number of hydrogen-bond donors (Lipinski definition) is 2. The maximum atomic E-state index is 12.5. The molecule has 1 saturated heterocycles. The van der Waals surface area contributed by atoms with Gasteiger partial charge in [0.25, 0.3) is 0 Å². The summed E-state index contributed by atoms with van der Waals surface area (Å²) in [6, 6.07) is 8.62. The van der Waals surface area contributed by atoms with Gasteiger partial charge < -0.3 is 15.3 Å². The average Bonchev–Trinajstić information content (AvgIpc) is 2.95. The number of carbonyl (C=O) groups excluding carboxylic acids is 1. The van der Waals surface area contributed by atoms with Crippen LogP contribution in [0, 0.1) is 6.92 Å². The average molecular weight is 290 g/mol. The van der Waals surface area contributed by atoms with Crippen molar-refractivity contribution in [3.05, 3.63) is 35.4 Å². The van der Waals surface area contributed by atoms with E-state index in [9.17, 15) is 4.79 Å². The van der Waals surface area contributed by atoms with Gasteiger partial charge in [0.2, 0.25) is 0 Å². The van der Waals surface area contributed by atoms with Crippen molar-refractivity contribution >= 4 is 6.03 Å². The summed E-state index contributed by atoms with van der Waals surface area (Å²) in [5, 5.41) is 11.9. The summed E-state index contributed by atoms with van der Waals surface area (Å²) in [4.78, 5) is 14.4.